The topological polar surface area (TPSA) is 46.5 Å². The lowest BCUT2D eigenvalue weighted by Gasteiger charge is -2.07. The van der Waals surface area contributed by atoms with Gasteiger partial charge in [0.05, 0.1) is 5.88 Å². The van der Waals surface area contributed by atoms with Crippen LogP contribution in [0.2, 0.25) is 0 Å². The van der Waals surface area contributed by atoms with Crippen molar-refractivity contribution in [3.05, 3.63) is 36.5 Å². The second kappa shape index (κ2) is 19.3. The smallest absolute Gasteiger partial charge is 0.305 e. The van der Waals surface area contributed by atoms with E-state index in [1.807, 2.05) is 0 Å². The lowest BCUT2D eigenvalue weighted by Crippen LogP contribution is -2.19. The molecule has 1 N–H and O–H groups in total. The highest BCUT2D eigenvalue weighted by molar-refractivity contribution is 6.18. The maximum Gasteiger partial charge on any atom is 0.305 e. The third-order valence-electron chi connectivity index (χ3n) is 3.65. The summed E-state index contributed by atoms with van der Waals surface area (Å²) in [6.45, 7) is 2.15. The Kier molecular flexibility index (Phi) is 18.5. The van der Waals surface area contributed by atoms with Gasteiger partial charge in [-0.1, -0.05) is 62.6 Å². The molecule has 0 bridgehead atoms. The molecule has 0 aromatic carbocycles. The Labute approximate surface area is 158 Å². The number of alkyl halides is 1. The summed E-state index contributed by atoms with van der Waals surface area (Å²) in [6, 6.07) is 0. The molecular formula is C21H35ClO3. The Balaban J connectivity index is 3.34. The maximum atomic E-state index is 11.4. The van der Waals surface area contributed by atoms with Gasteiger partial charge in [-0.15, -0.1) is 11.6 Å². The van der Waals surface area contributed by atoms with E-state index in [0.717, 1.165) is 44.9 Å². The Morgan fingerprint density at radius 3 is 2.24 bits per heavy atom. The number of aliphatic hydroxyl groups excluding tert-OH is 1. The summed E-state index contributed by atoms with van der Waals surface area (Å²) >= 11 is 5.43. The van der Waals surface area contributed by atoms with E-state index in [-0.39, 0.29) is 18.5 Å². The molecule has 144 valence electrons. The minimum atomic E-state index is -0.757. The third-order valence-corrected chi connectivity index (χ3v) is 4.00. The van der Waals surface area contributed by atoms with Crippen LogP contribution in [0.25, 0.3) is 0 Å². The van der Waals surface area contributed by atoms with Crippen LogP contribution in [0, 0.1) is 0 Å². The number of aliphatic hydroxyl groups is 1. The van der Waals surface area contributed by atoms with Gasteiger partial charge in [-0.25, -0.2) is 0 Å². The standard InChI is InChI=1S/C21H35ClO3/c1-2-3-4-5-6-7-8-9-10-11-12-13-14-15-16-17-21(24)25-19-20(23)18-22/h3-4,6-7,9-10,20,23H,2,5,8,11-19H2,1H3/b4-3-,7-6-,10-9-. The van der Waals surface area contributed by atoms with Gasteiger partial charge in [-0.2, -0.15) is 0 Å². The summed E-state index contributed by atoms with van der Waals surface area (Å²) in [5, 5.41) is 9.19. The SMILES string of the molecule is CC/C=C\C/C=C\C/C=C\CCCCCCCC(=O)OCC(O)CCl. The molecule has 0 aliphatic carbocycles. The number of esters is 1. The Morgan fingerprint density at radius 2 is 1.56 bits per heavy atom. The van der Waals surface area contributed by atoms with Gasteiger partial charge in [0, 0.05) is 6.42 Å². The van der Waals surface area contributed by atoms with E-state index in [1.165, 1.54) is 12.8 Å². The number of rotatable bonds is 16. The van der Waals surface area contributed by atoms with Crippen LogP contribution in [0.4, 0.5) is 0 Å². The highest BCUT2D eigenvalue weighted by atomic mass is 35.5. The molecule has 0 radical (unpaired) electrons. The van der Waals surface area contributed by atoms with Gasteiger partial charge < -0.3 is 9.84 Å². The van der Waals surface area contributed by atoms with E-state index in [9.17, 15) is 9.90 Å². The van der Waals surface area contributed by atoms with E-state index in [1.54, 1.807) is 0 Å². The quantitative estimate of drug-likeness (QED) is 0.163. The highest BCUT2D eigenvalue weighted by Gasteiger charge is 2.07. The van der Waals surface area contributed by atoms with Crippen molar-refractivity contribution in [3.63, 3.8) is 0 Å². The number of hydrogen-bond acceptors (Lipinski definition) is 3. The molecule has 3 nitrogen and oxygen atoms in total. The van der Waals surface area contributed by atoms with Gasteiger partial charge in [0.25, 0.3) is 0 Å². The lowest BCUT2D eigenvalue weighted by molar-refractivity contribution is -0.146. The normalized spacial score (nSPS) is 13.2. The first kappa shape index (κ1) is 23.9. The molecule has 0 saturated heterocycles. The minimum Gasteiger partial charge on any atom is -0.463 e. The van der Waals surface area contributed by atoms with E-state index in [0.29, 0.717) is 6.42 Å². The molecule has 0 saturated carbocycles. The first-order valence-corrected chi connectivity index (χ1v) is 10.1. The average molecular weight is 371 g/mol. The number of allylic oxidation sites excluding steroid dienone is 6. The summed E-state index contributed by atoms with van der Waals surface area (Å²) in [6.07, 6.45) is 22.7. The summed E-state index contributed by atoms with van der Waals surface area (Å²) in [5.41, 5.74) is 0. The predicted molar refractivity (Wildman–Crippen MR) is 107 cm³/mol. The Bertz CT molecular complexity index is 389. The number of ether oxygens (including phenoxy) is 1. The van der Waals surface area contributed by atoms with Crippen LogP contribution in [0.3, 0.4) is 0 Å². The van der Waals surface area contributed by atoms with E-state index in [4.69, 9.17) is 16.3 Å². The van der Waals surface area contributed by atoms with Gasteiger partial charge in [0.15, 0.2) is 0 Å². The molecule has 0 aromatic heterocycles. The van der Waals surface area contributed by atoms with Crippen molar-refractivity contribution >= 4 is 17.6 Å². The molecule has 0 spiro atoms. The van der Waals surface area contributed by atoms with Gasteiger partial charge >= 0.3 is 5.97 Å². The molecule has 0 heterocycles. The minimum absolute atomic E-state index is 0.000697. The second-order valence-electron chi connectivity index (χ2n) is 6.09. The van der Waals surface area contributed by atoms with Crippen LogP contribution in [-0.2, 0) is 9.53 Å². The van der Waals surface area contributed by atoms with Crippen molar-refractivity contribution in [3.8, 4) is 0 Å². The summed E-state index contributed by atoms with van der Waals surface area (Å²) in [4.78, 5) is 11.4. The molecule has 0 aromatic rings. The Hall–Kier alpha value is -1.06. The van der Waals surface area contributed by atoms with Crippen molar-refractivity contribution in [2.75, 3.05) is 12.5 Å². The lowest BCUT2D eigenvalue weighted by atomic mass is 10.1. The molecular weight excluding hydrogens is 336 g/mol. The van der Waals surface area contributed by atoms with Gasteiger partial charge in [-0.05, 0) is 38.5 Å². The molecule has 0 aliphatic rings. The van der Waals surface area contributed by atoms with Crippen LogP contribution in [0.1, 0.15) is 71.1 Å². The monoisotopic (exact) mass is 370 g/mol. The molecule has 0 aliphatic heterocycles. The zero-order chi connectivity index (χ0) is 18.6. The van der Waals surface area contributed by atoms with Crippen molar-refractivity contribution in [1.82, 2.24) is 0 Å². The van der Waals surface area contributed by atoms with E-state index in [2.05, 4.69) is 43.4 Å². The summed E-state index contributed by atoms with van der Waals surface area (Å²) in [7, 11) is 0. The number of carbonyl (C=O) groups excluding carboxylic acids is 1. The fourth-order valence-corrected chi connectivity index (χ4v) is 2.28. The fourth-order valence-electron chi connectivity index (χ4n) is 2.19. The average Bonchev–Trinajstić information content (AvgIpc) is 2.62. The van der Waals surface area contributed by atoms with Crippen LogP contribution in [0.15, 0.2) is 36.5 Å². The number of halogens is 1. The third kappa shape index (κ3) is 19.1. The summed E-state index contributed by atoms with van der Waals surface area (Å²) < 4.78 is 4.92. The van der Waals surface area contributed by atoms with Crippen LogP contribution < -0.4 is 0 Å². The van der Waals surface area contributed by atoms with Crippen molar-refractivity contribution in [1.29, 1.82) is 0 Å². The molecule has 1 unspecified atom stereocenters. The van der Waals surface area contributed by atoms with Crippen molar-refractivity contribution < 1.29 is 14.6 Å². The van der Waals surface area contributed by atoms with Gasteiger partial charge in [0.1, 0.15) is 12.7 Å². The van der Waals surface area contributed by atoms with Crippen LogP contribution >= 0.6 is 11.6 Å². The maximum absolute atomic E-state index is 11.4. The molecule has 0 fully saturated rings. The Morgan fingerprint density at radius 1 is 0.960 bits per heavy atom. The number of unbranched alkanes of at least 4 members (excludes halogenated alkanes) is 5. The fraction of sp³-hybridized carbons (Fsp3) is 0.667. The molecule has 4 heteroatoms. The number of hydrogen-bond donors (Lipinski definition) is 1. The molecule has 0 rings (SSSR count). The highest BCUT2D eigenvalue weighted by Crippen LogP contribution is 2.08. The first-order chi connectivity index (χ1) is 12.2. The van der Waals surface area contributed by atoms with Crippen molar-refractivity contribution in [2.24, 2.45) is 0 Å². The number of carbonyl (C=O) groups is 1. The zero-order valence-electron chi connectivity index (χ0n) is 15.7. The largest absolute Gasteiger partial charge is 0.463 e. The molecule has 1 atom stereocenters. The molecule has 25 heavy (non-hydrogen) atoms. The zero-order valence-corrected chi connectivity index (χ0v) is 16.4. The first-order valence-electron chi connectivity index (χ1n) is 9.55. The van der Waals surface area contributed by atoms with Crippen LogP contribution in [-0.4, -0.2) is 29.7 Å². The van der Waals surface area contributed by atoms with Crippen LogP contribution in [0.5, 0.6) is 0 Å². The summed E-state index contributed by atoms with van der Waals surface area (Å²) in [5.74, 6) is -0.153. The van der Waals surface area contributed by atoms with E-state index < -0.39 is 6.10 Å². The van der Waals surface area contributed by atoms with Crippen molar-refractivity contribution in [2.45, 2.75) is 77.2 Å². The predicted octanol–water partition coefficient (Wildman–Crippen LogP) is 5.72. The van der Waals surface area contributed by atoms with Gasteiger partial charge in [0.2, 0.25) is 0 Å². The van der Waals surface area contributed by atoms with Gasteiger partial charge in [-0.3, -0.25) is 4.79 Å². The van der Waals surface area contributed by atoms with E-state index >= 15 is 0 Å². The molecule has 0 amide bonds. The second-order valence-corrected chi connectivity index (χ2v) is 6.40.